The summed E-state index contributed by atoms with van der Waals surface area (Å²) in [5.74, 6) is 1.52. The fraction of sp³-hybridized carbons (Fsp3) is 0.480. The highest BCUT2D eigenvalue weighted by molar-refractivity contribution is 5.86. The summed E-state index contributed by atoms with van der Waals surface area (Å²) in [6, 6.07) is 5.87. The Morgan fingerprint density at radius 2 is 1.94 bits per heavy atom. The molecule has 1 saturated heterocycles. The Morgan fingerprint density at radius 3 is 2.66 bits per heavy atom. The van der Waals surface area contributed by atoms with Gasteiger partial charge in [-0.3, -0.25) is 19.7 Å². The maximum absolute atomic E-state index is 13.1. The third-order valence-corrected chi connectivity index (χ3v) is 6.67. The van der Waals surface area contributed by atoms with Crippen LogP contribution in [0, 0.1) is 0 Å². The van der Waals surface area contributed by atoms with Crippen LogP contribution >= 0.6 is 24.8 Å². The van der Waals surface area contributed by atoms with E-state index in [1.807, 2.05) is 18.3 Å². The summed E-state index contributed by atoms with van der Waals surface area (Å²) in [6.07, 6.45) is 2.77. The molecule has 0 radical (unpaired) electrons. The number of morpholine rings is 1. The second-order valence-electron chi connectivity index (χ2n) is 9.11. The van der Waals surface area contributed by atoms with Crippen LogP contribution in [-0.4, -0.2) is 59.8 Å². The minimum Gasteiger partial charge on any atom is -0.497 e. The van der Waals surface area contributed by atoms with E-state index in [1.54, 1.807) is 7.11 Å². The van der Waals surface area contributed by atoms with Gasteiger partial charge >= 0.3 is 0 Å². The van der Waals surface area contributed by atoms with Crippen molar-refractivity contribution in [3.8, 4) is 5.75 Å². The molecule has 1 aromatic carbocycles. The van der Waals surface area contributed by atoms with E-state index < -0.39 is 0 Å². The summed E-state index contributed by atoms with van der Waals surface area (Å²) in [5, 5.41) is 0.643. The molecule has 8 nitrogen and oxygen atoms in total. The summed E-state index contributed by atoms with van der Waals surface area (Å²) >= 11 is 0. The standard InChI is InChI=1S/C25H31N5O3.2ClH/c1-16(2)20-12-18(32-3)13-21-23(20)24(31)28-25(27-21)30-7-5-19-17(14-30)4-6-26-22(19)15-29-8-10-33-11-9-29;;/h4,6,12-13,16H,5,7-11,14-15H2,1-3H3,(H,27,28,31);2*1H. The van der Waals surface area contributed by atoms with Gasteiger partial charge in [-0.2, -0.15) is 0 Å². The van der Waals surface area contributed by atoms with E-state index in [0.717, 1.165) is 62.8 Å². The molecule has 2 aromatic heterocycles. The van der Waals surface area contributed by atoms with Crippen LogP contribution in [0.4, 0.5) is 5.95 Å². The van der Waals surface area contributed by atoms with Crippen LogP contribution in [-0.2, 0) is 24.2 Å². The Bertz CT molecular complexity index is 1230. The lowest BCUT2D eigenvalue weighted by molar-refractivity contribution is 0.0335. The van der Waals surface area contributed by atoms with Crippen molar-refractivity contribution in [2.45, 2.75) is 39.3 Å². The predicted molar refractivity (Wildman–Crippen MR) is 143 cm³/mol. The van der Waals surface area contributed by atoms with Gasteiger partial charge in [0.05, 0.1) is 36.9 Å². The third kappa shape index (κ3) is 5.56. The number of nitrogens with one attached hydrogen (secondary N) is 1. The number of anilines is 1. The number of ether oxygens (including phenoxy) is 2. The van der Waals surface area contributed by atoms with Crippen LogP contribution < -0.4 is 15.2 Å². The predicted octanol–water partition coefficient (Wildman–Crippen LogP) is 3.69. The molecule has 3 aromatic rings. The number of hydrogen-bond donors (Lipinski definition) is 1. The molecule has 10 heteroatoms. The van der Waals surface area contributed by atoms with Crippen LogP contribution in [0.5, 0.6) is 5.75 Å². The number of H-pyrrole nitrogens is 1. The summed E-state index contributed by atoms with van der Waals surface area (Å²) in [5.41, 5.74) is 5.25. The fourth-order valence-corrected chi connectivity index (χ4v) is 4.84. The molecule has 0 spiro atoms. The quantitative estimate of drug-likeness (QED) is 0.547. The topological polar surface area (TPSA) is 83.6 Å². The smallest absolute Gasteiger partial charge is 0.260 e. The van der Waals surface area contributed by atoms with Gasteiger partial charge in [-0.15, -0.1) is 24.8 Å². The fourth-order valence-electron chi connectivity index (χ4n) is 4.84. The molecule has 4 heterocycles. The first-order valence-corrected chi connectivity index (χ1v) is 11.7. The second-order valence-corrected chi connectivity index (χ2v) is 9.11. The van der Waals surface area contributed by atoms with Gasteiger partial charge in [-0.25, -0.2) is 4.98 Å². The number of rotatable bonds is 5. The highest BCUT2D eigenvalue weighted by atomic mass is 35.5. The molecule has 2 aliphatic rings. The van der Waals surface area contributed by atoms with E-state index in [2.05, 4.69) is 34.7 Å². The SMILES string of the molecule is COc1cc(C(C)C)c2c(=O)[nH]c(N3CCc4c(ccnc4CN4CCOCC4)C3)nc2c1.Cl.Cl. The summed E-state index contributed by atoms with van der Waals surface area (Å²) in [6.45, 7) is 9.95. The molecule has 0 atom stereocenters. The number of aromatic nitrogens is 3. The van der Waals surface area contributed by atoms with Crippen molar-refractivity contribution in [3.63, 3.8) is 0 Å². The third-order valence-electron chi connectivity index (χ3n) is 6.67. The molecule has 0 aliphatic carbocycles. The van der Waals surface area contributed by atoms with Gasteiger partial charge in [-0.05, 0) is 41.2 Å². The number of hydrogen-bond acceptors (Lipinski definition) is 7. The molecule has 1 N–H and O–H groups in total. The number of fused-ring (bicyclic) bond motifs is 2. The molecular weight excluding hydrogens is 489 g/mol. The Hall–Kier alpha value is -2.39. The summed E-state index contributed by atoms with van der Waals surface area (Å²) in [7, 11) is 1.64. The number of methoxy groups -OCH3 is 1. The van der Waals surface area contributed by atoms with Crippen molar-refractivity contribution in [1.82, 2.24) is 19.9 Å². The van der Waals surface area contributed by atoms with Crippen molar-refractivity contribution in [2.75, 3.05) is 44.9 Å². The zero-order valence-corrected chi connectivity index (χ0v) is 22.0. The maximum atomic E-state index is 13.1. The number of nitrogens with zero attached hydrogens (tertiary/aromatic N) is 4. The van der Waals surface area contributed by atoms with Crippen molar-refractivity contribution >= 4 is 41.7 Å². The van der Waals surface area contributed by atoms with Gasteiger partial charge in [0, 0.05) is 45.0 Å². The van der Waals surface area contributed by atoms with Crippen LogP contribution in [0.15, 0.2) is 29.2 Å². The lowest BCUT2D eigenvalue weighted by atomic mass is 9.98. The molecule has 0 amide bonds. The molecule has 190 valence electrons. The number of pyridine rings is 1. The number of halogens is 2. The van der Waals surface area contributed by atoms with Crippen LogP contribution in [0.3, 0.4) is 0 Å². The van der Waals surface area contributed by atoms with Gasteiger partial charge in [0.15, 0.2) is 0 Å². The van der Waals surface area contributed by atoms with E-state index in [0.29, 0.717) is 23.4 Å². The zero-order valence-electron chi connectivity index (χ0n) is 20.4. The highest BCUT2D eigenvalue weighted by Gasteiger charge is 2.24. The van der Waals surface area contributed by atoms with E-state index in [9.17, 15) is 4.79 Å². The summed E-state index contributed by atoms with van der Waals surface area (Å²) < 4.78 is 11.0. The average Bonchev–Trinajstić information content (AvgIpc) is 2.83. The Kier molecular flexibility index (Phi) is 8.99. The Balaban J connectivity index is 0.00000171. The van der Waals surface area contributed by atoms with Crippen molar-refractivity contribution in [1.29, 1.82) is 0 Å². The van der Waals surface area contributed by atoms with Gasteiger partial charge in [0.25, 0.3) is 5.56 Å². The van der Waals surface area contributed by atoms with Crippen molar-refractivity contribution in [2.24, 2.45) is 0 Å². The monoisotopic (exact) mass is 521 g/mol. The highest BCUT2D eigenvalue weighted by Crippen LogP contribution is 2.29. The van der Waals surface area contributed by atoms with Crippen LogP contribution in [0.25, 0.3) is 10.9 Å². The second kappa shape index (κ2) is 11.6. The normalized spacial score (nSPS) is 15.9. The van der Waals surface area contributed by atoms with E-state index in [1.165, 1.54) is 11.1 Å². The molecule has 1 fully saturated rings. The maximum Gasteiger partial charge on any atom is 0.260 e. The first-order valence-electron chi connectivity index (χ1n) is 11.7. The largest absolute Gasteiger partial charge is 0.497 e. The zero-order chi connectivity index (χ0) is 22.9. The van der Waals surface area contributed by atoms with Crippen molar-refractivity contribution in [3.05, 3.63) is 57.1 Å². The van der Waals surface area contributed by atoms with Gasteiger partial charge in [0.2, 0.25) is 5.95 Å². The summed E-state index contributed by atoms with van der Waals surface area (Å²) in [4.78, 5) is 30.2. The van der Waals surface area contributed by atoms with E-state index >= 15 is 0 Å². The minimum absolute atomic E-state index is 0. The van der Waals surface area contributed by atoms with E-state index in [4.69, 9.17) is 19.4 Å². The molecule has 0 saturated carbocycles. The number of benzene rings is 1. The Labute approximate surface area is 217 Å². The number of aromatic amines is 1. The first-order chi connectivity index (χ1) is 16.0. The van der Waals surface area contributed by atoms with Gasteiger partial charge in [-0.1, -0.05) is 13.8 Å². The van der Waals surface area contributed by atoms with Crippen molar-refractivity contribution < 1.29 is 9.47 Å². The molecule has 2 aliphatic heterocycles. The first kappa shape index (κ1) is 27.2. The molecule has 0 unspecified atom stereocenters. The van der Waals surface area contributed by atoms with Gasteiger partial charge in [0.1, 0.15) is 5.75 Å². The molecule has 35 heavy (non-hydrogen) atoms. The lowest BCUT2D eigenvalue weighted by Gasteiger charge is -2.32. The van der Waals surface area contributed by atoms with Crippen LogP contribution in [0.1, 0.15) is 42.1 Å². The molecule has 5 rings (SSSR count). The van der Waals surface area contributed by atoms with Gasteiger partial charge < -0.3 is 14.4 Å². The average molecular weight is 522 g/mol. The lowest BCUT2D eigenvalue weighted by Crippen LogP contribution is -2.37. The minimum atomic E-state index is -0.102. The van der Waals surface area contributed by atoms with Crippen LogP contribution in [0.2, 0.25) is 0 Å². The van der Waals surface area contributed by atoms with E-state index in [-0.39, 0.29) is 36.3 Å². The molecular formula is C25H33Cl2N5O3. The molecule has 0 bridgehead atoms. The Morgan fingerprint density at radius 1 is 1.17 bits per heavy atom.